The molecule has 2 aromatic rings. The molecule has 2 saturated heterocycles. The standard InChI is InChI=1S/C23H27Cl2NO2/c24-19-8-7-18(15-20(19)25)5-1-3-9-22(21-6-2-4-12-26-21)10-14-28-23(16-22)11-13-27-17-23/h2,4,6-8,12,15H,1,3,5,9-11,13-14,16-17H2/t22-,23-/m1/s1. The third-order valence-electron chi connectivity index (χ3n) is 6.28. The molecule has 0 unspecified atom stereocenters. The molecule has 150 valence electrons. The van der Waals surface area contributed by atoms with Gasteiger partial charge in [-0.25, -0.2) is 0 Å². The van der Waals surface area contributed by atoms with Gasteiger partial charge < -0.3 is 9.47 Å². The average molecular weight is 420 g/mol. The molecule has 1 spiro atoms. The fourth-order valence-corrected chi connectivity index (χ4v) is 5.11. The molecule has 2 aliphatic rings. The van der Waals surface area contributed by atoms with E-state index in [2.05, 4.69) is 18.2 Å². The van der Waals surface area contributed by atoms with Gasteiger partial charge in [-0.1, -0.05) is 41.8 Å². The van der Waals surface area contributed by atoms with Crippen LogP contribution in [0.25, 0.3) is 0 Å². The number of pyridine rings is 1. The Labute approximate surface area is 177 Å². The number of unbranched alkanes of at least 4 members (excludes halogenated alkanes) is 1. The summed E-state index contributed by atoms with van der Waals surface area (Å²) in [6, 6.07) is 12.2. The average Bonchev–Trinajstić information content (AvgIpc) is 3.16. The molecule has 0 amide bonds. The predicted octanol–water partition coefficient (Wildman–Crippen LogP) is 6.01. The number of nitrogens with zero attached hydrogens (tertiary/aromatic N) is 1. The second-order valence-corrected chi connectivity index (χ2v) is 9.03. The van der Waals surface area contributed by atoms with Gasteiger partial charge in [0.15, 0.2) is 0 Å². The Balaban J connectivity index is 1.45. The first-order valence-electron chi connectivity index (χ1n) is 10.2. The van der Waals surface area contributed by atoms with E-state index in [0.29, 0.717) is 16.7 Å². The molecule has 3 nitrogen and oxygen atoms in total. The Morgan fingerprint density at radius 3 is 2.68 bits per heavy atom. The van der Waals surface area contributed by atoms with E-state index in [-0.39, 0.29) is 11.0 Å². The highest BCUT2D eigenvalue weighted by Crippen LogP contribution is 2.47. The van der Waals surface area contributed by atoms with Gasteiger partial charge in [0.05, 0.1) is 22.3 Å². The summed E-state index contributed by atoms with van der Waals surface area (Å²) in [7, 11) is 0. The lowest BCUT2D eigenvalue weighted by molar-refractivity contribution is -0.109. The Morgan fingerprint density at radius 1 is 1.00 bits per heavy atom. The molecule has 2 atom stereocenters. The lowest BCUT2D eigenvalue weighted by Gasteiger charge is -2.45. The third kappa shape index (κ3) is 4.38. The summed E-state index contributed by atoms with van der Waals surface area (Å²) in [6.45, 7) is 2.30. The Hall–Kier alpha value is -1.13. The number of aryl methyl sites for hydroxylation is 1. The van der Waals surface area contributed by atoms with Crippen LogP contribution in [-0.2, 0) is 21.3 Å². The van der Waals surface area contributed by atoms with Gasteiger partial charge in [-0.2, -0.15) is 0 Å². The summed E-state index contributed by atoms with van der Waals surface area (Å²) < 4.78 is 11.9. The fraction of sp³-hybridized carbons (Fsp3) is 0.522. The largest absolute Gasteiger partial charge is 0.378 e. The zero-order valence-electron chi connectivity index (χ0n) is 16.1. The number of aromatic nitrogens is 1. The molecule has 0 N–H and O–H groups in total. The summed E-state index contributed by atoms with van der Waals surface area (Å²) in [5, 5.41) is 1.25. The van der Waals surface area contributed by atoms with Crippen LogP contribution >= 0.6 is 23.2 Å². The molecule has 4 rings (SSSR count). The van der Waals surface area contributed by atoms with Crippen molar-refractivity contribution in [2.75, 3.05) is 19.8 Å². The summed E-state index contributed by atoms with van der Waals surface area (Å²) in [4.78, 5) is 4.76. The molecule has 0 radical (unpaired) electrons. The third-order valence-corrected chi connectivity index (χ3v) is 7.02. The highest BCUT2D eigenvalue weighted by atomic mass is 35.5. The van der Waals surface area contributed by atoms with Gasteiger partial charge in [0, 0.05) is 36.9 Å². The van der Waals surface area contributed by atoms with Gasteiger partial charge in [-0.05, 0) is 61.9 Å². The first kappa shape index (κ1) is 20.2. The predicted molar refractivity (Wildman–Crippen MR) is 113 cm³/mol. The van der Waals surface area contributed by atoms with Crippen molar-refractivity contribution in [3.8, 4) is 0 Å². The van der Waals surface area contributed by atoms with Gasteiger partial charge in [-0.15, -0.1) is 0 Å². The summed E-state index contributed by atoms with van der Waals surface area (Å²) in [6.07, 6.45) is 9.34. The Kier molecular flexibility index (Phi) is 6.27. The van der Waals surface area contributed by atoms with Crippen molar-refractivity contribution in [1.82, 2.24) is 4.98 Å². The number of hydrogen-bond acceptors (Lipinski definition) is 3. The topological polar surface area (TPSA) is 31.4 Å². The maximum absolute atomic E-state index is 6.22. The van der Waals surface area contributed by atoms with Crippen LogP contribution in [-0.4, -0.2) is 30.4 Å². The van der Waals surface area contributed by atoms with Crippen LogP contribution in [0.15, 0.2) is 42.6 Å². The van der Waals surface area contributed by atoms with Crippen molar-refractivity contribution in [2.45, 2.75) is 56.0 Å². The van der Waals surface area contributed by atoms with E-state index in [9.17, 15) is 0 Å². The quantitative estimate of drug-likeness (QED) is 0.537. The maximum atomic E-state index is 6.22. The Morgan fingerprint density at radius 2 is 1.93 bits per heavy atom. The van der Waals surface area contributed by atoms with Gasteiger partial charge in [0.1, 0.15) is 0 Å². The summed E-state index contributed by atoms with van der Waals surface area (Å²) >= 11 is 12.2. The summed E-state index contributed by atoms with van der Waals surface area (Å²) in [5.41, 5.74) is 2.40. The highest BCUT2D eigenvalue weighted by molar-refractivity contribution is 6.42. The number of hydrogen-bond donors (Lipinski definition) is 0. The van der Waals surface area contributed by atoms with Crippen LogP contribution in [0.5, 0.6) is 0 Å². The van der Waals surface area contributed by atoms with Gasteiger partial charge in [-0.3, -0.25) is 4.98 Å². The van der Waals surface area contributed by atoms with E-state index in [1.807, 2.05) is 24.4 Å². The second-order valence-electron chi connectivity index (χ2n) is 8.21. The van der Waals surface area contributed by atoms with E-state index in [1.165, 1.54) is 11.3 Å². The molecule has 0 aliphatic carbocycles. The monoisotopic (exact) mass is 419 g/mol. The van der Waals surface area contributed by atoms with Crippen molar-refractivity contribution in [2.24, 2.45) is 0 Å². The molecule has 0 bridgehead atoms. The number of rotatable bonds is 6. The zero-order valence-corrected chi connectivity index (χ0v) is 17.6. The smallest absolute Gasteiger partial charge is 0.0945 e. The van der Waals surface area contributed by atoms with Crippen LogP contribution < -0.4 is 0 Å². The van der Waals surface area contributed by atoms with Crippen LogP contribution in [0.1, 0.15) is 49.8 Å². The van der Waals surface area contributed by atoms with Crippen molar-refractivity contribution < 1.29 is 9.47 Å². The minimum atomic E-state index is -0.126. The highest BCUT2D eigenvalue weighted by Gasteiger charge is 2.49. The van der Waals surface area contributed by atoms with Crippen molar-refractivity contribution in [3.63, 3.8) is 0 Å². The lowest BCUT2D eigenvalue weighted by atomic mass is 9.67. The zero-order chi connectivity index (χ0) is 19.5. The van der Waals surface area contributed by atoms with Gasteiger partial charge in [0.2, 0.25) is 0 Å². The van der Waals surface area contributed by atoms with Crippen LogP contribution in [0.2, 0.25) is 10.0 Å². The van der Waals surface area contributed by atoms with E-state index in [4.69, 9.17) is 37.7 Å². The minimum absolute atomic E-state index is 0.0743. The molecule has 0 saturated carbocycles. The minimum Gasteiger partial charge on any atom is -0.378 e. The molecular weight excluding hydrogens is 393 g/mol. The molecule has 2 fully saturated rings. The molecule has 5 heteroatoms. The van der Waals surface area contributed by atoms with Crippen molar-refractivity contribution >= 4 is 23.2 Å². The van der Waals surface area contributed by atoms with Gasteiger partial charge in [0.25, 0.3) is 0 Å². The molecule has 2 aliphatic heterocycles. The fourth-order valence-electron chi connectivity index (χ4n) is 4.79. The van der Waals surface area contributed by atoms with Crippen molar-refractivity contribution in [1.29, 1.82) is 0 Å². The van der Waals surface area contributed by atoms with Gasteiger partial charge >= 0.3 is 0 Å². The number of halogens is 2. The SMILES string of the molecule is Clc1ccc(CCCC[C@@]2(c3ccccn3)CCO[C@]3(CCOC3)C2)cc1Cl. The maximum Gasteiger partial charge on any atom is 0.0945 e. The van der Waals surface area contributed by atoms with Crippen LogP contribution in [0.3, 0.4) is 0 Å². The number of ether oxygens (including phenoxy) is 2. The molecule has 1 aromatic heterocycles. The number of benzene rings is 1. The first-order chi connectivity index (χ1) is 13.6. The van der Waals surface area contributed by atoms with Crippen LogP contribution in [0.4, 0.5) is 0 Å². The Bertz CT molecular complexity index is 792. The second kappa shape index (κ2) is 8.71. The van der Waals surface area contributed by atoms with E-state index >= 15 is 0 Å². The first-order valence-corrected chi connectivity index (χ1v) is 10.9. The normalized spacial score (nSPS) is 27.4. The van der Waals surface area contributed by atoms with Crippen molar-refractivity contribution in [3.05, 3.63) is 63.9 Å². The molecular formula is C23H27Cl2NO2. The molecule has 3 heterocycles. The van der Waals surface area contributed by atoms with E-state index in [0.717, 1.165) is 58.2 Å². The lowest BCUT2D eigenvalue weighted by Crippen LogP contribution is -2.48. The summed E-state index contributed by atoms with van der Waals surface area (Å²) in [5.74, 6) is 0. The molecule has 1 aromatic carbocycles. The van der Waals surface area contributed by atoms with E-state index in [1.54, 1.807) is 0 Å². The molecule has 28 heavy (non-hydrogen) atoms. The van der Waals surface area contributed by atoms with E-state index < -0.39 is 0 Å². The van der Waals surface area contributed by atoms with Crippen LogP contribution in [0, 0.1) is 0 Å².